The van der Waals surface area contributed by atoms with E-state index in [4.69, 9.17) is 10.5 Å². The highest BCUT2D eigenvalue weighted by Gasteiger charge is 2.36. The van der Waals surface area contributed by atoms with Crippen LogP contribution in [0.2, 0.25) is 0 Å². The number of ether oxygens (including phenoxy) is 1. The molecule has 0 radical (unpaired) electrons. The molecule has 4 nitrogen and oxygen atoms in total. The number of carbonyl (C=O) groups is 1. The van der Waals surface area contributed by atoms with E-state index in [1.165, 1.54) is 19.3 Å². The molecule has 1 saturated heterocycles. The lowest BCUT2D eigenvalue weighted by Gasteiger charge is -2.41. The zero-order chi connectivity index (χ0) is 12.3. The van der Waals surface area contributed by atoms with Crippen LogP contribution in [-0.2, 0) is 9.53 Å². The van der Waals surface area contributed by atoms with Crippen LogP contribution in [0.3, 0.4) is 0 Å². The van der Waals surface area contributed by atoms with Gasteiger partial charge in [-0.05, 0) is 37.5 Å². The van der Waals surface area contributed by atoms with Gasteiger partial charge in [0.1, 0.15) is 6.10 Å². The van der Waals surface area contributed by atoms with Crippen LogP contribution in [0.25, 0.3) is 0 Å². The van der Waals surface area contributed by atoms with Crippen LogP contribution in [0.15, 0.2) is 0 Å². The van der Waals surface area contributed by atoms with Gasteiger partial charge in [0, 0.05) is 13.1 Å². The zero-order valence-corrected chi connectivity index (χ0v) is 10.7. The predicted molar refractivity (Wildman–Crippen MR) is 66.5 cm³/mol. The van der Waals surface area contributed by atoms with Crippen molar-refractivity contribution in [2.45, 2.75) is 57.7 Å². The fourth-order valence-corrected chi connectivity index (χ4v) is 2.79. The molecule has 1 aliphatic carbocycles. The minimum Gasteiger partial charge on any atom is -0.364 e. The number of nitrogens with two attached hydrogens (primary N) is 1. The van der Waals surface area contributed by atoms with E-state index >= 15 is 0 Å². The smallest absolute Gasteiger partial charge is 0.249 e. The van der Waals surface area contributed by atoms with E-state index in [1.807, 2.05) is 0 Å². The minimum atomic E-state index is -0.266. The molecule has 98 valence electrons. The molecule has 0 bridgehead atoms. The Hall–Kier alpha value is -0.610. The van der Waals surface area contributed by atoms with E-state index in [-0.39, 0.29) is 18.1 Å². The van der Waals surface area contributed by atoms with Gasteiger partial charge in [0.2, 0.25) is 5.91 Å². The molecular weight excluding hydrogens is 216 g/mol. The minimum absolute atomic E-state index is 0.0562. The summed E-state index contributed by atoms with van der Waals surface area (Å²) in [6, 6.07) is 0. The summed E-state index contributed by atoms with van der Waals surface area (Å²) in [5.74, 6) is 0.0562. The van der Waals surface area contributed by atoms with Gasteiger partial charge in [0.05, 0.1) is 6.10 Å². The molecule has 0 aromatic heterocycles. The SMILES string of the molecule is CCC1(CNC(=O)[C@@H]2CC[C@H](CN)O2)CCC1. The highest BCUT2D eigenvalue weighted by atomic mass is 16.5. The Balaban J connectivity index is 1.74. The largest absolute Gasteiger partial charge is 0.364 e. The monoisotopic (exact) mass is 240 g/mol. The molecular formula is C13H24N2O2. The van der Waals surface area contributed by atoms with E-state index in [9.17, 15) is 4.79 Å². The molecule has 4 heteroatoms. The van der Waals surface area contributed by atoms with Gasteiger partial charge in [-0.25, -0.2) is 0 Å². The van der Waals surface area contributed by atoms with E-state index in [0.29, 0.717) is 12.0 Å². The standard InChI is InChI=1S/C13H24N2O2/c1-2-13(6-3-7-13)9-15-12(16)11-5-4-10(8-14)17-11/h10-11H,2-9,14H2,1H3,(H,15,16)/t10-,11+/m1/s1. The Morgan fingerprint density at radius 3 is 2.71 bits per heavy atom. The summed E-state index contributed by atoms with van der Waals surface area (Å²) in [4.78, 5) is 11.9. The Bertz CT molecular complexity index is 271. The number of rotatable bonds is 5. The van der Waals surface area contributed by atoms with Crippen LogP contribution in [0.4, 0.5) is 0 Å². The van der Waals surface area contributed by atoms with Crippen molar-refractivity contribution in [1.29, 1.82) is 0 Å². The molecule has 3 N–H and O–H groups in total. The van der Waals surface area contributed by atoms with Crippen LogP contribution in [0, 0.1) is 5.41 Å². The quantitative estimate of drug-likeness (QED) is 0.758. The average molecular weight is 240 g/mol. The molecule has 2 aliphatic rings. The molecule has 0 aromatic carbocycles. The van der Waals surface area contributed by atoms with Crippen LogP contribution in [0.5, 0.6) is 0 Å². The van der Waals surface area contributed by atoms with Crippen molar-refractivity contribution in [3.8, 4) is 0 Å². The van der Waals surface area contributed by atoms with E-state index in [0.717, 1.165) is 25.8 Å². The topological polar surface area (TPSA) is 64.4 Å². The highest BCUT2D eigenvalue weighted by molar-refractivity contribution is 5.81. The van der Waals surface area contributed by atoms with Crippen molar-refractivity contribution in [3.05, 3.63) is 0 Å². The second-order valence-corrected chi connectivity index (χ2v) is 5.48. The average Bonchev–Trinajstić information content (AvgIpc) is 2.76. The Kier molecular flexibility index (Phi) is 4.05. The zero-order valence-electron chi connectivity index (χ0n) is 10.7. The first kappa shape index (κ1) is 12.8. The molecule has 0 aromatic rings. The number of hydrogen-bond donors (Lipinski definition) is 2. The fourth-order valence-electron chi connectivity index (χ4n) is 2.79. The molecule has 1 aliphatic heterocycles. The highest BCUT2D eigenvalue weighted by Crippen LogP contribution is 2.43. The molecule has 2 atom stereocenters. The van der Waals surface area contributed by atoms with Crippen molar-refractivity contribution < 1.29 is 9.53 Å². The Morgan fingerprint density at radius 2 is 2.24 bits per heavy atom. The van der Waals surface area contributed by atoms with Crippen LogP contribution >= 0.6 is 0 Å². The maximum atomic E-state index is 11.9. The summed E-state index contributed by atoms with van der Waals surface area (Å²) in [7, 11) is 0. The van der Waals surface area contributed by atoms with Crippen molar-refractivity contribution in [3.63, 3.8) is 0 Å². The van der Waals surface area contributed by atoms with Crippen molar-refractivity contribution in [2.24, 2.45) is 11.1 Å². The van der Waals surface area contributed by atoms with E-state index in [1.54, 1.807) is 0 Å². The molecule has 2 fully saturated rings. The summed E-state index contributed by atoms with van der Waals surface area (Å²) in [6.45, 7) is 3.54. The summed E-state index contributed by atoms with van der Waals surface area (Å²) >= 11 is 0. The van der Waals surface area contributed by atoms with Gasteiger partial charge in [-0.2, -0.15) is 0 Å². The van der Waals surface area contributed by atoms with Gasteiger partial charge in [-0.1, -0.05) is 13.3 Å². The Morgan fingerprint density at radius 1 is 1.47 bits per heavy atom. The normalized spacial score (nSPS) is 30.9. The summed E-state index contributed by atoms with van der Waals surface area (Å²) in [5, 5.41) is 3.06. The lowest BCUT2D eigenvalue weighted by atomic mass is 9.67. The second kappa shape index (κ2) is 5.36. The first-order chi connectivity index (χ1) is 8.19. The van der Waals surface area contributed by atoms with Gasteiger partial charge in [-0.3, -0.25) is 4.79 Å². The number of carbonyl (C=O) groups excluding carboxylic acids is 1. The van der Waals surface area contributed by atoms with Crippen molar-refractivity contribution in [2.75, 3.05) is 13.1 Å². The molecule has 1 heterocycles. The molecule has 0 spiro atoms. The summed E-state index contributed by atoms with van der Waals surface area (Å²) in [6.07, 6.45) is 6.50. The van der Waals surface area contributed by atoms with Gasteiger partial charge in [-0.15, -0.1) is 0 Å². The number of hydrogen-bond acceptors (Lipinski definition) is 3. The predicted octanol–water partition coefficient (Wildman–Crippen LogP) is 1.19. The third kappa shape index (κ3) is 2.80. The van der Waals surface area contributed by atoms with E-state index in [2.05, 4.69) is 12.2 Å². The van der Waals surface area contributed by atoms with Crippen LogP contribution in [-0.4, -0.2) is 31.2 Å². The number of nitrogens with one attached hydrogen (secondary N) is 1. The second-order valence-electron chi connectivity index (χ2n) is 5.48. The van der Waals surface area contributed by atoms with Gasteiger partial charge >= 0.3 is 0 Å². The number of amides is 1. The van der Waals surface area contributed by atoms with E-state index < -0.39 is 0 Å². The third-order valence-corrected chi connectivity index (χ3v) is 4.46. The van der Waals surface area contributed by atoms with Crippen LogP contribution < -0.4 is 11.1 Å². The molecule has 17 heavy (non-hydrogen) atoms. The molecule has 2 rings (SSSR count). The van der Waals surface area contributed by atoms with Gasteiger partial charge in [0.15, 0.2) is 0 Å². The molecule has 1 saturated carbocycles. The first-order valence-electron chi connectivity index (χ1n) is 6.82. The summed E-state index contributed by atoms with van der Waals surface area (Å²) in [5.41, 5.74) is 5.91. The lowest BCUT2D eigenvalue weighted by molar-refractivity contribution is -0.132. The van der Waals surface area contributed by atoms with Gasteiger partial charge < -0.3 is 15.8 Å². The Labute approximate surface area is 103 Å². The summed E-state index contributed by atoms with van der Waals surface area (Å²) < 4.78 is 5.59. The van der Waals surface area contributed by atoms with Gasteiger partial charge in [0.25, 0.3) is 0 Å². The fraction of sp³-hybridized carbons (Fsp3) is 0.923. The lowest BCUT2D eigenvalue weighted by Crippen LogP contribution is -2.45. The van der Waals surface area contributed by atoms with Crippen LogP contribution in [0.1, 0.15) is 45.4 Å². The molecule has 0 unspecified atom stereocenters. The molecule has 1 amide bonds. The van der Waals surface area contributed by atoms with Crippen molar-refractivity contribution >= 4 is 5.91 Å². The maximum Gasteiger partial charge on any atom is 0.249 e. The third-order valence-electron chi connectivity index (χ3n) is 4.46. The maximum absolute atomic E-state index is 11.9. The first-order valence-corrected chi connectivity index (χ1v) is 6.82. The van der Waals surface area contributed by atoms with Crippen molar-refractivity contribution in [1.82, 2.24) is 5.32 Å².